The summed E-state index contributed by atoms with van der Waals surface area (Å²) in [6.07, 6.45) is -0.0665. The molecule has 0 aromatic heterocycles. The Kier molecular flexibility index (Phi) is 28.6. The van der Waals surface area contributed by atoms with Gasteiger partial charge in [-0.05, 0) is 70.6 Å². The summed E-state index contributed by atoms with van der Waals surface area (Å²) >= 11 is 0. The van der Waals surface area contributed by atoms with Gasteiger partial charge in [-0.3, -0.25) is 53.7 Å². The van der Waals surface area contributed by atoms with Crippen LogP contribution in [0.3, 0.4) is 0 Å². The van der Waals surface area contributed by atoms with Gasteiger partial charge in [-0.1, -0.05) is 0 Å². The average Bonchev–Trinajstić information content (AvgIpc) is 3.21. The van der Waals surface area contributed by atoms with Crippen LogP contribution < -0.4 is 95.4 Å². The van der Waals surface area contributed by atoms with Crippen LogP contribution in [0.4, 0.5) is 0 Å². The molecule has 0 fully saturated rings. The maximum atomic E-state index is 14.0. The van der Waals surface area contributed by atoms with Crippen molar-refractivity contribution < 1.29 is 38.7 Å². The van der Waals surface area contributed by atoms with Crippen LogP contribution in [0, 0.1) is 0 Å². The number of nitrogens with two attached hydrogens (primary N) is 12. The number of carbonyl (C=O) groups excluding carboxylic acids is 6. The molecule has 6 atom stereocenters. The molecule has 0 bridgehead atoms. The summed E-state index contributed by atoms with van der Waals surface area (Å²) in [5, 5.41) is 22.4. The molecule has 0 spiro atoms. The van der Waals surface area contributed by atoms with Crippen molar-refractivity contribution in [1.82, 2.24) is 26.6 Å². The first-order valence-electron chi connectivity index (χ1n) is 20.6. The first-order valence-corrected chi connectivity index (χ1v) is 20.6. The molecule has 0 rings (SSSR count). The van der Waals surface area contributed by atoms with Crippen molar-refractivity contribution in [3.05, 3.63) is 0 Å². The largest absolute Gasteiger partial charge is 0.480 e. The lowest BCUT2D eigenvalue weighted by molar-refractivity contribution is -0.142. The normalized spacial score (nSPS) is 13.3. The van der Waals surface area contributed by atoms with E-state index in [1.54, 1.807) is 0 Å². The molecule has 30 heteroatoms. The molecule has 368 valence electrons. The predicted molar refractivity (Wildman–Crippen MR) is 243 cm³/mol. The third kappa shape index (κ3) is 28.8. The number of carboxylic acid groups (broad SMARTS) is 1. The van der Waals surface area contributed by atoms with E-state index in [2.05, 4.69) is 51.5 Å². The second-order valence-corrected chi connectivity index (χ2v) is 14.5. The highest BCUT2D eigenvalue weighted by molar-refractivity contribution is 5.96. The quantitative estimate of drug-likeness (QED) is 0.0162. The van der Waals surface area contributed by atoms with Crippen LogP contribution in [0.5, 0.6) is 0 Å². The van der Waals surface area contributed by atoms with E-state index in [1.165, 1.54) is 0 Å². The Labute approximate surface area is 375 Å². The molecule has 0 aromatic rings. The van der Waals surface area contributed by atoms with E-state index < -0.39 is 84.1 Å². The zero-order valence-corrected chi connectivity index (χ0v) is 36.5. The minimum atomic E-state index is -1.53. The van der Waals surface area contributed by atoms with Gasteiger partial charge in [0.15, 0.2) is 29.8 Å². The fourth-order valence-electron chi connectivity index (χ4n) is 5.65. The summed E-state index contributed by atoms with van der Waals surface area (Å²) < 4.78 is 0. The molecule has 6 unspecified atom stereocenters. The number of aliphatic imine (C=N–C) groups is 5. The first-order chi connectivity index (χ1) is 30.5. The van der Waals surface area contributed by atoms with Crippen molar-refractivity contribution in [1.29, 1.82) is 0 Å². The SMILES string of the molecule is NC(=O)CCC(NC(=O)C(CCCN=C(N)N)NC(=O)C(N)CCCN=C(N)N)C(=O)NC(CCCN=C(N)N)C(=O)NC(CCCN=C(N)N)C(=O)NC(CCCN=C(N)N)C(=O)O. The number of nitrogens with one attached hydrogen (secondary N) is 5. The topological polar surface area (TPSA) is 574 Å². The number of aliphatic carboxylic acids is 1. The van der Waals surface area contributed by atoms with Crippen LogP contribution in [0.1, 0.15) is 77.0 Å². The second-order valence-electron chi connectivity index (χ2n) is 14.5. The van der Waals surface area contributed by atoms with Gasteiger partial charge < -0.3 is 100 Å². The molecule has 6 amide bonds. The maximum absolute atomic E-state index is 14.0. The monoisotopic (exact) mass is 927 g/mol. The number of carbonyl (C=O) groups is 7. The smallest absolute Gasteiger partial charge is 0.326 e. The van der Waals surface area contributed by atoms with Gasteiger partial charge in [0.25, 0.3) is 0 Å². The van der Waals surface area contributed by atoms with Crippen molar-refractivity contribution in [2.24, 2.45) is 93.8 Å². The Morgan fingerprint density at radius 3 is 0.892 bits per heavy atom. The molecule has 65 heavy (non-hydrogen) atoms. The summed E-state index contributed by atoms with van der Waals surface area (Å²) in [5.74, 6) is -7.62. The fourth-order valence-corrected chi connectivity index (χ4v) is 5.65. The van der Waals surface area contributed by atoms with E-state index >= 15 is 0 Å². The van der Waals surface area contributed by atoms with Gasteiger partial charge >= 0.3 is 5.97 Å². The van der Waals surface area contributed by atoms with E-state index in [9.17, 15) is 38.7 Å². The number of rotatable bonds is 34. The highest BCUT2D eigenvalue weighted by Crippen LogP contribution is 2.09. The summed E-state index contributed by atoms with van der Waals surface area (Å²) in [7, 11) is 0. The minimum Gasteiger partial charge on any atom is -0.480 e. The van der Waals surface area contributed by atoms with Gasteiger partial charge in [-0.2, -0.15) is 0 Å². The summed E-state index contributed by atoms with van der Waals surface area (Å²) in [6.45, 7) is 0.373. The molecule has 0 aliphatic rings. The van der Waals surface area contributed by atoms with Crippen LogP contribution in [-0.2, 0) is 33.6 Å². The number of amides is 6. The van der Waals surface area contributed by atoms with Crippen LogP contribution >= 0.6 is 0 Å². The molecule has 30 nitrogen and oxygen atoms in total. The first kappa shape index (κ1) is 57.6. The van der Waals surface area contributed by atoms with Gasteiger partial charge in [0.1, 0.15) is 30.2 Å². The Morgan fingerprint density at radius 1 is 0.369 bits per heavy atom. The summed E-state index contributed by atoms with van der Waals surface area (Å²) in [6, 6.07) is -8.16. The van der Waals surface area contributed by atoms with Crippen LogP contribution in [0.2, 0.25) is 0 Å². The Hall–Kier alpha value is -7.40. The second kappa shape index (κ2) is 32.3. The number of nitrogens with zero attached hydrogens (tertiary/aromatic N) is 5. The lowest BCUT2D eigenvalue weighted by Gasteiger charge is -2.27. The molecule has 0 aliphatic carbocycles. The molecular weight excluding hydrogens is 857 g/mol. The van der Waals surface area contributed by atoms with Crippen LogP contribution in [-0.4, -0.2) is 145 Å². The number of hydrogen-bond donors (Lipinski definition) is 18. The van der Waals surface area contributed by atoms with E-state index in [-0.39, 0.29) is 127 Å². The maximum Gasteiger partial charge on any atom is 0.326 e. The van der Waals surface area contributed by atoms with Gasteiger partial charge in [0.2, 0.25) is 35.4 Å². The third-order valence-electron chi connectivity index (χ3n) is 8.91. The molecule has 30 N–H and O–H groups in total. The van der Waals surface area contributed by atoms with Crippen LogP contribution in [0.25, 0.3) is 0 Å². The molecular formula is C35H70N22O8. The zero-order chi connectivity index (χ0) is 49.5. The predicted octanol–water partition coefficient (Wildman–Crippen LogP) is -8.64. The molecule has 0 saturated carbocycles. The number of hydrogen-bond acceptors (Lipinski definition) is 13. The summed E-state index contributed by atoms with van der Waals surface area (Å²) in [5.41, 5.74) is 65.4. The molecule has 0 radical (unpaired) electrons. The van der Waals surface area contributed by atoms with Crippen molar-refractivity contribution in [3.63, 3.8) is 0 Å². The van der Waals surface area contributed by atoms with Crippen LogP contribution in [0.15, 0.2) is 25.0 Å². The summed E-state index contributed by atoms with van der Waals surface area (Å²) in [4.78, 5) is 112. The van der Waals surface area contributed by atoms with E-state index in [0.29, 0.717) is 6.42 Å². The van der Waals surface area contributed by atoms with Gasteiger partial charge in [0.05, 0.1) is 6.04 Å². The standard InChI is InChI=1S/C35H70N22O8/c36-18(6-1-13-48-31(38)39)25(59)53-19(7-2-14-49-32(40)41)26(60)56-22(11-12-24(37)58)29(63)55-20(8-3-15-50-33(42)43)27(61)54-21(9-4-16-51-34(44)45)28(62)57-23(30(64)65)10-5-17-52-35(46)47/h18-23H,1-17,36H2,(H2,37,58)(H,53,59)(H,54,61)(H,55,63)(H,56,60)(H,57,62)(H,64,65)(H4,38,39,48)(H4,40,41,49)(H4,42,43,50)(H4,44,45,51)(H4,46,47,52). The number of guanidine groups is 5. The van der Waals surface area contributed by atoms with E-state index in [0.717, 1.165) is 0 Å². The molecule has 0 saturated heterocycles. The van der Waals surface area contributed by atoms with E-state index in [4.69, 9.17) is 68.8 Å². The van der Waals surface area contributed by atoms with Gasteiger partial charge in [0, 0.05) is 39.1 Å². The van der Waals surface area contributed by atoms with Crippen molar-refractivity contribution >= 4 is 71.2 Å². The Morgan fingerprint density at radius 2 is 0.615 bits per heavy atom. The number of carboxylic acids is 1. The Balaban J connectivity index is 6.66. The van der Waals surface area contributed by atoms with Gasteiger partial charge in [-0.15, -0.1) is 0 Å². The average molecular weight is 927 g/mol. The molecule has 0 aromatic carbocycles. The Bertz CT molecular complexity index is 1700. The third-order valence-corrected chi connectivity index (χ3v) is 8.91. The van der Waals surface area contributed by atoms with Crippen molar-refractivity contribution in [3.8, 4) is 0 Å². The fraction of sp³-hybridized carbons (Fsp3) is 0.657. The zero-order valence-electron chi connectivity index (χ0n) is 36.5. The van der Waals surface area contributed by atoms with Crippen molar-refractivity contribution in [2.45, 2.75) is 113 Å². The highest BCUT2D eigenvalue weighted by Gasteiger charge is 2.33. The molecule has 0 aliphatic heterocycles. The number of primary amides is 1. The lowest BCUT2D eigenvalue weighted by Crippen LogP contribution is -2.59. The molecule has 0 heterocycles. The highest BCUT2D eigenvalue weighted by atomic mass is 16.4. The lowest BCUT2D eigenvalue weighted by atomic mass is 10.0. The van der Waals surface area contributed by atoms with Crippen molar-refractivity contribution in [2.75, 3.05) is 32.7 Å². The van der Waals surface area contributed by atoms with Gasteiger partial charge in [-0.25, -0.2) is 4.79 Å². The minimum absolute atomic E-state index is 0.00402. The van der Waals surface area contributed by atoms with E-state index in [1.807, 2.05) is 0 Å².